The molecule has 1 amide bonds. The molecule has 1 fully saturated rings. The maximum absolute atomic E-state index is 13.0. The van der Waals surface area contributed by atoms with Crippen LogP contribution in [0.15, 0.2) is 58.9 Å². The number of thiophene rings is 1. The molecular formula is C22H22FN3O4S2. The Morgan fingerprint density at radius 1 is 1.12 bits per heavy atom. The number of ether oxygens (including phenoxy) is 1. The minimum absolute atomic E-state index is 0.0527. The molecule has 2 aromatic heterocycles. The second-order valence-electron chi connectivity index (χ2n) is 7.32. The largest absolute Gasteiger partial charge is 0.439 e. The molecule has 0 saturated carbocycles. The summed E-state index contributed by atoms with van der Waals surface area (Å²) in [5, 5.41) is 4.39. The highest BCUT2D eigenvalue weighted by Crippen LogP contribution is 2.27. The Morgan fingerprint density at radius 2 is 1.88 bits per heavy atom. The van der Waals surface area contributed by atoms with Gasteiger partial charge in [-0.15, -0.1) is 11.3 Å². The van der Waals surface area contributed by atoms with Crippen molar-refractivity contribution in [3.8, 4) is 11.6 Å². The SMILES string of the molecule is O=C(NCc1ccnc(Oc2ccc(F)cc2)c1)c1sccc1S(=O)(=O)N1CCCCC1. The van der Waals surface area contributed by atoms with E-state index < -0.39 is 15.9 Å². The standard InChI is InChI=1S/C22H22FN3O4S2/c23-17-4-6-18(7-5-17)30-20-14-16(8-10-24-20)15-25-22(27)21-19(9-13-31-21)32(28,29)26-11-2-1-3-12-26/h4-10,13-14H,1-3,11-12,15H2,(H,25,27). The van der Waals surface area contributed by atoms with E-state index in [1.807, 2.05) is 0 Å². The molecule has 0 radical (unpaired) electrons. The molecule has 168 valence electrons. The van der Waals surface area contributed by atoms with Crippen LogP contribution in [0.5, 0.6) is 11.6 Å². The Balaban J connectivity index is 1.43. The quantitative estimate of drug-likeness (QED) is 0.554. The van der Waals surface area contributed by atoms with E-state index in [1.54, 1.807) is 17.5 Å². The number of piperidine rings is 1. The lowest BCUT2D eigenvalue weighted by Gasteiger charge is -2.25. The van der Waals surface area contributed by atoms with Gasteiger partial charge >= 0.3 is 0 Å². The van der Waals surface area contributed by atoms with E-state index in [9.17, 15) is 17.6 Å². The van der Waals surface area contributed by atoms with Gasteiger partial charge in [-0.05, 0) is 60.2 Å². The summed E-state index contributed by atoms with van der Waals surface area (Å²) >= 11 is 1.10. The number of sulfonamides is 1. The van der Waals surface area contributed by atoms with Crippen LogP contribution in [0, 0.1) is 5.82 Å². The number of benzene rings is 1. The fourth-order valence-electron chi connectivity index (χ4n) is 3.41. The van der Waals surface area contributed by atoms with Crippen LogP contribution in [0.4, 0.5) is 4.39 Å². The van der Waals surface area contributed by atoms with Crippen LogP contribution < -0.4 is 10.1 Å². The topological polar surface area (TPSA) is 88.6 Å². The van der Waals surface area contributed by atoms with Gasteiger partial charge in [0.1, 0.15) is 21.3 Å². The van der Waals surface area contributed by atoms with Crippen LogP contribution in [-0.2, 0) is 16.6 Å². The highest BCUT2D eigenvalue weighted by atomic mass is 32.2. The molecule has 3 heterocycles. The number of nitrogens with one attached hydrogen (secondary N) is 1. The van der Waals surface area contributed by atoms with Gasteiger partial charge in [-0.2, -0.15) is 4.31 Å². The number of rotatable bonds is 7. The molecule has 1 saturated heterocycles. The lowest BCUT2D eigenvalue weighted by Crippen LogP contribution is -2.36. The molecule has 3 aromatic rings. The second kappa shape index (κ2) is 9.76. The third kappa shape index (κ3) is 5.14. The molecule has 32 heavy (non-hydrogen) atoms. The van der Waals surface area contributed by atoms with Gasteiger partial charge in [0.2, 0.25) is 15.9 Å². The van der Waals surface area contributed by atoms with Gasteiger partial charge in [-0.25, -0.2) is 17.8 Å². The Labute approximate surface area is 189 Å². The average Bonchev–Trinajstić information content (AvgIpc) is 3.31. The minimum atomic E-state index is -3.70. The lowest BCUT2D eigenvalue weighted by molar-refractivity contribution is 0.0951. The number of hydrogen-bond acceptors (Lipinski definition) is 6. The van der Waals surface area contributed by atoms with Gasteiger partial charge in [0.25, 0.3) is 5.91 Å². The molecule has 0 atom stereocenters. The number of carbonyl (C=O) groups is 1. The van der Waals surface area contributed by atoms with Gasteiger partial charge in [-0.3, -0.25) is 4.79 Å². The number of pyridine rings is 1. The van der Waals surface area contributed by atoms with E-state index in [0.29, 0.717) is 24.7 Å². The van der Waals surface area contributed by atoms with Gasteiger partial charge in [0, 0.05) is 31.9 Å². The summed E-state index contributed by atoms with van der Waals surface area (Å²) in [6, 6.07) is 10.4. The number of amides is 1. The van der Waals surface area contributed by atoms with Crippen molar-refractivity contribution in [2.24, 2.45) is 0 Å². The van der Waals surface area contributed by atoms with E-state index in [2.05, 4.69) is 10.3 Å². The van der Waals surface area contributed by atoms with Gasteiger partial charge in [-0.1, -0.05) is 6.42 Å². The second-order valence-corrected chi connectivity index (χ2v) is 10.1. The van der Waals surface area contributed by atoms with Crippen LogP contribution in [0.25, 0.3) is 0 Å². The predicted molar refractivity (Wildman–Crippen MR) is 119 cm³/mol. The number of halogens is 1. The van der Waals surface area contributed by atoms with Crippen molar-refractivity contribution in [3.63, 3.8) is 0 Å². The zero-order valence-corrected chi connectivity index (χ0v) is 18.8. The number of carbonyl (C=O) groups excluding carboxylic acids is 1. The van der Waals surface area contributed by atoms with Crippen molar-refractivity contribution in [2.45, 2.75) is 30.7 Å². The van der Waals surface area contributed by atoms with Crippen LogP contribution in [0.3, 0.4) is 0 Å². The third-order valence-corrected chi connectivity index (χ3v) is 8.04. The molecule has 1 aliphatic heterocycles. The Hall–Kier alpha value is -2.82. The van der Waals surface area contributed by atoms with Crippen LogP contribution in [0.1, 0.15) is 34.5 Å². The van der Waals surface area contributed by atoms with Crippen molar-refractivity contribution in [2.75, 3.05) is 13.1 Å². The molecule has 10 heteroatoms. The van der Waals surface area contributed by atoms with E-state index >= 15 is 0 Å². The van der Waals surface area contributed by atoms with E-state index in [-0.39, 0.29) is 22.1 Å². The van der Waals surface area contributed by atoms with Crippen molar-refractivity contribution < 1.29 is 22.3 Å². The van der Waals surface area contributed by atoms with Gasteiger partial charge in [0.05, 0.1) is 0 Å². The number of aromatic nitrogens is 1. The van der Waals surface area contributed by atoms with E-state index in [4.69, 9.17) is 4.74 Å². The summed E-state index contributed by atoms with van der Waals surface area (Å²) in [5.74, 6) is -0.0792. The molecule has 1 N–H and O–H groups in total. The summed E-state index contributed by atoms with van der Waals surface area (Å²) in [4.78, 5) is 17.1. The summed E-state index contributed by atoms with van der Waals surface area (Å²) in [6.07, 6.45) is 4.21. The highest BCUT2D eigenvalue weighted by molar-refractivity contribution is 7.89. The summed E-state index contributed by atoms with van der Waals surface area (Å²) in [7, 11) is -3.70. The Bertz CT molecular complexity index is 1190. The number of hydrogen-bond donors (Lipinski definition) is 1. The summed E-state index contributed by atoms with van der Waals surface area (Å²) < 4.78 is 46.1. The van der Waals surface area contributed by atoms with Gasteiger partial charge in [0.15, 0.2) is 0 Å². The van der Waals surface area contributed by atoms with Crippen molar-refractivity contribution in [1.29, 1.82) is 0 Å². The van der Waals surface area contributed by atoms with Crippen LogP contribution in [0.2, 0.25) is 0 Å². The molecule has 0 unspecified atom stereocenters. The summed E-state index contributed by atoms with van der Waals surface area (Å²) in [6.45, 7) is 1.13. The van der Waals surface area contributed by atoms with E-state index in [0.717, 1.165) is 36.2 Å². The lowest BCUT2D eigenvalue weighted by atomic mass is 10.2. The monoisotopic (exact) mass is 475 g/mol. The first-order valence-corrected chi connectivity index (χ1v) is 12.5. The molecule has 4 rings (SSSR count). The fourth-order valence-corrected chi connectivity index (χ4v) is 6.25. The Morgan fingerprint density at radius 3 is 2.62 bits per heavy atom. The maximum atomic E-state index is 13.0. The van der Waals surface area contributed by atoms with Crippen LogP contribution >= 0.6 is 11.3 Å². The minimum Gasteiger partial charge on any atom is -0.439 e. The predicted octanol–water partition coefficient (Wildman–Crippen LogP) is 4.18. The van der Waals surface area contributed by atoms with Crippen LogP contribution in [-0.4, -0.2) is 36.7 Å². The summed E-state index contributed by atoms with van der Waals surface area (Å²) in [5.41, 5.74) is 0.724. The first kappa shape index (κ1) is 22.4. The van der Waals surface area contributed by atoms with Crippen molar-refractivity contribution in [1.82, 2.24) is 14.6 Å². The molecule has 7 nitrogen and oxygen atoms in total. The van der Waals surface area contributed by atoms with Crippen molar-refractivity contribution >= 4 is 27.3 Å². The Kier molecular flexibility index (Phi) is 6.83. The van der Waals surface area contributed by atoms with Crippen molar-refractivity contribution in [3.05, 3.63) is 70.3 Å². The number of nitrogens with zero attached hydrogens (tertiary/aromatic N) is 2. The highest BCUT2D eigenvalue weighted by Gasteiger charge is 2.30. The molecule has 0 spiro atoms. The molecule has 0 aliphatic carbocycles. The molecule has 0 bridgehead atoms. The maximum Gasteiger partial charge on any atom is 0.263 e. The molecular weight excluding hydrogens is 453 g/mol. The molecule has 1 aliphatic rings. The zero-order valence-electron chi connectivity index (χ0n) is 17.2. The average molecular weight is 476 g/mol. The van der Waals surface area contributed by atoms with Gasteiger partial charge < -0.3 is 10.1 Å². The third-order valence-electron chi connectivity index (χ3n) is 5.06. The smallest absolute Gasteiger partial charge is 0.263 e. The van der Waals surface area contributed by atoms with E-state index in [1.165, 1.54) is 40.8 Å². The first-order valence-electron chi connectivity index (χ1n) is 10.2. The molecule has 1 aromatic carbocycles. The fraction of sp³-hybridized carbons (Fsp3) is 0.273. The zero-order chi connectivity index (χ0) is 22.6. The normalized spacial score (nSPS) is 14.8. The first-order chi connectivity index (χ1) is 15.4.